The first kappa shape index (κ1) is 26.8. The maximum atomic E-state index is 14.2. The Bertz CT molecular complexity index is 1080. The fourth-order valence-electron chi connectivity index (χ4n) is 3.37. The number of hydrogen-bond donors (Lipinski definition) is 1. The molecule has 0 saturated heterocycles. The molecular weight excluding hydrogens is 513 g/mol. The van der Waals surface area contributed by atoms with Crippen molar-refractivity contribution in [1.29, 1.82) is 0 Å². The van der Waals surface area contributed by atoms with E-state index in [1.165, 1.54) is 23.1 Å². The lowest BCUT2D eigenvalue weighted by Gasteiger charge is -2.29. The molecule has 1 N–H and O–H groups in total. The highest BCUT2D eigenvalue weighted by molar-refractivity contribution is 9.10. The van der Waals surface area contributed by atoms with Crippen molar-refractivity contribution in [3.05, 3.63) is 64.4 Å². The quantitative estimate of drug-likeness (QED) is 0.470. The molecule has 2 amide bonds. The predicted octanol–water partition coefficient (Wildman–Crippen LogP) is 3.69. The van der Waals surface area contributed by atoms with E-state index in [0.29, 0.717) is 6.54 Å². The average Bonchev–Trinajstić information content (AvgIpc) is 2.74. The van der Waals surface area contributed by atoms with E-state index in [4.69, 9.17) is 0 Å². The molecule has 0 radical (unpaired) electrons. The van der Waals surface area contributed by atoms with Crippen LogP contribution < -0.4 is 9.62 Å². The number of anilines is 1. The molecule has 2 rings (SSSR count). The lowest BCUT2D eigenvalue weighted by molar-refractivity contribution is -0.140. The maximum Gasteiger partial charge on any atom is 0.242 e. The number of carbonyl (C=O) groups excluding carboxylic acids is 2. The van der Waals surface area contributed by atoms with Gasteiger partial charge in [0.2, 0.25) is 21.8 Å². The number of carbonyl (C=O) groups is 2. The Hall–Kier alpha value is -2.46. The highest BCUT2D eigenvalue weighted by Crippen LogP contribution is 2.22. The molecule has 0 unspecified atom stereocenters. The standard InChI is InChI=1S/C23H29BrFN3O4S/c1-4-26-23(30)17(2)27(16-18-9-7-10-19(24)15-18)22(29)13-8-14-28(33(3,31)32)21-12-6-5-11-20(21)25/h5-7,9-12,15,17H,4,8,13-14,16H2,1-3H3,(H,26,30)/t17-/m0/s1. The van der Waals surface area contributed by atoms with Crippen molar-refractivity contribution in [2.75, 3.05) is 23.7 Å². The Balaban J connectivity index is 2.16. The van der Waals surface area contributed by atoms with Gasteiger partial charge in [-0.2, -0.15) is 0 Å². The van der Waals surface area contributed by atoms with Gasteiger partial charge in [0.1, 0.15) is 11.9 Å². The molecule has 0 aliphatic carbocycles. The monoisotopic (exact) mass is 541 g/mol. The number of amides is 2. The van der Waals surface area contributed by atoms with Gasteiger partial charge in [0.25, 0.3) is 0 Å². The van der Waals surface area contributed by atoms with Crippen molar-refractivity contribution in [2.24, 2.45) is 0 Å². The van der Waals surface area contributed by atoms with Crippen molar-refractivity contribution in [3.63, 3.8) is 0 Å². The lowest BCUT2D eigenvalue weighted by Crippen LogP contribution is -2.47. The van der Waals surface area contributed by atoms with Crippen LogP contribution in [0.1, 0.15) is 32.3 Å². The summed E-state index contributed by atoms with van der Waals surface area (Å²) < 4.78 is 40.5. The van der Waals surface area contributed by atoms with E-state index in [-0.39, 0.29) is 43.4 Å². The number of rotatable bonds is 11. The van der Waals surface area contributed by atoms with Gasteiger partial charge in [-0.25, -0.2) is 12.8 Å². The minimum absolute atomic E-state index is 0.00177. The molecule has 2 aromatic carbocycles. The van der Waals surface area contributed by atoms with Crippen LogP contribution in [0.4, 0.5) is 10.1 Å². The third-order valence-electron chi connectivity index (χ3n) is 5.03. The predicted molar refractivity (Wildman–Crippen MR) is 131 cm³/mol. The van der Waals surface area contributed by atoms with Gasteiger partial charge in [0.15, 0.2) is 0 Å². The van der Waals surface area contributed by atoms with Gasteiger partial charge >= 0.3 is 0 Å². The molecule has 0 aliphatic rings. The van der Waals surface area contributed by atoms with E-state index in [0.717, 1.165) is 20.6 Å². The van der Waals surface area contributed by atoms with Crippen LogP contribution >= 0.6 is 15.9 Å². The number of para-hydroxylation sites is 1. The van der Waals surface area contributed by atoms with Crippen molar-refractivity contribution in [1.82, 2.24) is 10.2 Å². The maximum absolute atomic E-state index is 14.2. The zero-order valence-electron chi connectivity index (χ0n) is 18.9. The zero-order valence-corrected chi connectivity index (χ0v) is 21.3. The van der Waals surface area contributed by atoms with Crippen LogP contribution in [0.2, 0.25) is 0 Å². The van der Waals surface area contributed by atoms with E-state index in [2.05, 4.69) is 21.2 Å². The molecule has 0 saturated carbocycles. The molecule has 33 heavy (non-hydrogen) atoms. The second-order valence-electron chi connectivity index (χ2n) is 7.61. The number of halogens is 2. The first-order chi connectivity index (χ1) is 15.5. The molecule has 0 spiro atoms. The molecule has 0 heterocycles. The lowest BCUT2D eigenvalue weighted by atomic mass is 10.1. The molecule has 0 aliphatic heterocycles. The van der Waals surface area contributed by atoms with Gasteiger partial charge in [0.05, 0.1) is 11.9 Å². The molecule has 10 heteroatoms. The largest absolute Gasteiger partial charge is 0.355 e. The third-order valence-corrected chi connectivity index (χ3v) is 6.71. The van der Waals surface area contributed by atoms with Crippen molar-refractivity contribution in [2.45, 2.75) is 39.3 Å². The minimum Gasteiger partial charge on any atom is -0.355 e. The van der Waals surface area contributed by atoms with E-state index in [9.17, 15) is 22.4 Å². The Morgan fingerprint density at radius 2 is 1.85 bits per heavy atom. The van der Waals surface area contributed by atoms with Crippen LogP contribution in [0.25, 0.3) is 0 Å². The fourth-order valence-corrected chi connectivity index (χ4v) is 4.79. The first-order valence-corrected chi connectivity index (χ1v) is 13.2. The summed E-state index contributed by atoms with van der Waals surface area (Å²) in [5, 5.41) is 2.73. The van der Waals surface area contributed by atoms with E-state index in [1.807, 2.05) is 24.3 Å². The number of likely N-dealkylation sites (N-methyl/N-ethyl adjacent to an activating group) is 1. The number of benzene rings is 2. The topological polar surface area (TPSA) is 86.8 Å². The smallest absolute Gasteiger partial charge is 0.242 e. The number of hydrogen-bond acceptors (Lipinski definition) is 4. The normalized spacial score (nSPS) is 12.2. The first-order valence-electron chi connectivity index (χ1n) is 10.6. The van der Waals surface area contributed by atoms with Crippen LogP contribution in [0, 0.1) is 5.82 Å². The summed E-state index contributed by atoms with van der Waals surface area (Å²) >= 11 is 3.41. The van der Waals surface area contributed by atoms with Crippen LogP contribution in [-0.2, 0) is 26.2 Å². The summed E-state index contributed by atoms with van der Waals surface area (Å²) in [6, 6.07) is 12.3. The molecule has 0 bridgehead atoms. The van der Waals surface area contributed by atoms with E-state index < -0.39 is 21.9 Å². The second-order valence-corrected chi connectivity index (χ2v) is 10.4. The molecule has 180 valence electrons. The van der Waals surface area contributed by atoms with Crippen molar-refractivity contribution in [3.8, 4) is 0 Å². The Labute approximate surface area is 203 Å². The molecule has 2 aromatic rings. The third kappa shape index (κ3) is 7.82. The zero-order chi connectivity index (χ0) is 24.6. The highest BCUT2D eigenvalue weighted by atomic mass is 79.9. The second kappa shape index (κ2) is 12.1. The van der Waals surface area contributed by atoms with Gasteiger partial charge in [-0.1, -0.05) is 40.2 Å². The summed E-state index contributed by atoms with van der Waals surface area (Å²) in [4.78, 5) is 27.0. The molecule has 7 nitrogen and oxygen atoms in total. The van der Waals surface area contributed by atoms with Crippen molar-refractivity contribution < 1.29 is 22.4 Å². The minimum atomic E-state index is -3.75. The number of nitrogens with one attached hydrogen (secondary N) is 1. The Morgan fingerprint density at radius 1 is 1.15 bits per heavy atom. The Kier molecular flexibility index (Phi) is 9.85. The van der Waals surface area contributed by atoms with E-state index in [1.54, 1.807) is 19.9 Å². The van der Waals surface area contributed by atoms with Gasteiger partial charge in [-0.3, -0.25) is 13.9 Å². The Morgan fingerprint density at radius 3 is 2.45 bits per heavy atom. The van der Waals surface area contributed by atoms with Gasteiger partial charge in [-0.05, 0) is 50.1 Å². The van der Waals surface area contributed by atoms with Crippen LogP contribution in [0.5, 0.6) is 0 Å². The highest BCUT2D eigenvalue weighted by Gasteiger charge is 2.26. The van der Waals surface area contributed by atoms with Gasteiger partial charge in [-0.15, -0.1) is 0 Å². The molecule has 1 atom stereocenters. The van der Waals surface area contributed by atoms with Gasteiger partial charge < -0.3 is 10.2 Å². The summed E-state index contributed by atoms with van der Waals surface area (Å²) in [6.07, 6.45) is 1.16. The van der Waals surface area contributed by atoms with Crippen LogP contribution in [0.15, 0.2) is 53.0 Å². The summed E-state index contributed by atoms with van der Waals surface area (Å²) in [5.41, 5.74) is 0.784. The van der Waals surface area contributed by atoms with Crippen LogP contribution in [-0.4, -0.2) is 50.5 Å². The molecular formula is C23H29BrFN3O4S. The molecule has 0 fully saturated rings. The SMILES string of the molecule is CCNC(=O)[C@H](C)N(Cc1cccc(Br)c1)C(=O)CCCN(c1ccccc1F)S(C)(=O)=O. The summed E-state index contributed by atoms with van der Waals surface area (Å²) in [7, 11) is -3.75. The summed E-state index contributed by atoms with van der Waals surface area (Å²) in [6.45, 7) is 4.05. The van der Waals surface area contributed by atoms with Crippen molar-refractivity contribution >= 4 is 43.5 Å². The number of sulfonamides is 1. The fraction of sp³-hybridized carbons (Fsp3) is 0.391. The van der Waals surface area contributed by atoms with Crippen LogP contribution in [0.3, 0.4) is 0 Å². The van der Waals surface area contributed by atoms with E-state index >= 15 is 0 Å². The molecule has 0 aromatic heterocycles. The van der Waals surface area contributed by atoms with Gasteiger partial charge in [0, 0.05) is 30.5 Å². The average molecular weight is 542 g/mol. The summed E-state index contributed by atoms with van der Waals surface area (Å²) in [5.74, 6) is -1.23. The number of nitrogens with zero attached hydrogens (tertiary/aromatic N) is 2.